The first-order valence-electron chi connectivity index (χ1n) is 9.24. The molecule has 1 heterocycles. The summed E-state index contributed by atoms with van der Waals surface area (Å²) in [5.41, 5.74) is 2.25. The minimum absolute atomic E-state index is 0.166. The average Bonchev–Trinajstić information content (AvgIpc) is 2.77. The molecular formula is C22H20N4O3S. The lowest BCUT2D eigenvalue weighted by molar-refractivity contribution is 0.414. The second-order valence-corrected chi connectivity index (χ2v) is 8.26. The number of para-hydroxylation sites is 1. The lowest BCUT2D eigenvalue weighted by Crippen LogP contribution is -2.13. The van der Waals surface area contributed by atoms with Crippen LogP contribution < -0.4 is 14.8 Å². The van der Waals surface area contributed by atoms with E-state index in [-0.39, 0.29) is 4.90 Å². The van der Waals surface area contributed by atoms with E-state index >= 15 is 0 Å². The molecule has 1 aromatic heterocycles. The maximum atomic E-state index is 12.7. The summed E-state index contributed by atoms with van der Waals surface area (Å²) >= 11 is 0. The van der Waals surface area contributed by atoms with E-state index in [1.807, 2.05) is 30.3 Å². The monoisotopic (exact) mass is 420 g/mol. The number of nitrogens with one attached hydrogen (secondary N) is 2. The Morgan fingerprint density at radius 2 is 1.73 bits per heavy atom. The van der Waals surface area contributed by atoms with Crippen molar-refractivity contribution in [1.82, 2.24) is 9.97 Å². The highest BCUT2D eigenvalue weighted by molar-refractivity contribution is 7.92. The van der Waals surface area contributed by atoms with Crippen molar-refractivity contribution < 1.29 is 13.2 Å². The van der Waals surface area contributed by atoms with E-state index in [1.165, 1.54) is 25.6 Å². The molecule has 0 bridgehead atoms. The van der Waals surface area contributed by atoms with Crippen LogP contribution in [0.1, 0.15) is 5.56 Å². The van der Waals surface area contributed by atoms with E-state index < -0.39 is 10.0 Å². The van der Waals surface area contributed by atoms with Crippen LogP contribution in [0.25, 0.3) is 10.9 Å². The Morgan fingerprint density at radius 3 is 2.53 bits per heavy atom. The smallest absolute Gasteiger partial charge is 0.261 e. The van der Waals surface area contributed by atoms with Crippen molar-refractivity contribution in [1.29, 1.82) is 0 Å². The molecule has 0 aliphatic heterocycles. The SMILES string of the molecule is COc1ccc(S(=O)(=O)Nc2cccc(CNc3ncnc4ccccc34)c2)cc1. The molecule has 8 heteroatoms. The van der Waals surface area contributed by atoms with E-state index in [0.29, 0.717) is 18.0 Å². The van der Waals surface area contributed by atoms with Crippen molar-refractivity contribution in [2.24, 2.45) is 0 Å². The van der Waals surface area contributed by atoms with Crippen LogP contribution in [0.15, 0.2) is 84.0 Å². The van der Waals surface area contributed by atoms with Gasteiger partial charge in [0.15, 0.2) is 0 Å². The van der Waals surface area contributed by atoms with E-state index in [1.54, 1.807) is 30.3 Å². The minimum Gasteiger partial charge on any atom is -0.497 e. The summed E-state index contributed by atoms with van der Waals surface area (Å²) in [5, 5.41) is 4.22. The molecule has 152 valence electrons. The number of fused-ring (bicyclic) bond motifs is 1. The summed E-state index contributed by atoms with van der Waals surface area (Å²) in [7, 11) is -2.16. The van der Waals surface area contributed by atoms with Crippen LogP contribution in [0.2, 0.25) is 0 Å². The molecule has 0 fully saturated rings. The highest BCUT2D eigenvalue weighted by atomic mass is 32.2. The molecule has 4 rings (SSSR count). The Bertz CT molecular complexity index is 1270. The van der Waals surface area contributed by atoms with Gasteiger partial charge in [-0.25, -0.2) is 18.4 Å². The summed E-state index contributed by atoms with van der Waals surface area (Å²) in [6.45, 7) is 0.485. The Kier molecular flexibility index (Phi) is 5.49. The summed E-state index contributed by atoms with van der Waals surface area (Å²) in [6, 6.07) is 21.2. The van der Waals surface area contributed by atoms with E-state index in [4.69, 9.17) is 4.74 Å². The molecule has 0 atom stereocenters. The topological polar surface area (TPSA) is 93.2 Å². The molecule has 2 N–H and O–H groups in total. The van der Waals surface area contributed by atoms with Gasteiger partial charge in [-0.3, -0.25) is 4.72 Å². The molecule has 0 saturated carbocycles. The summed E-state index contributed by atoms with van der Waals surface area (Å²) in [4.78, 5) is 8.73. The zero-order valence-electron chi connectivity index (χ0n) is 16.2. The highest BCUT2D eigenvalue weighted by Gasteiger charge is 2.14. The molecule has 7 nitrogen and oxygen atoms in total. The van der Waals surface area contributed by atoms with Gasteiger partial charge in [-0.1, -0.05) is 24.3 Å². The van der Waals surface area contributed by atoms with Gasteiger partial charge >= 0.3 is 0 Å². The number of hydrogen-bond acceptors (Lipinski definition) is 6. The Balaban J connectivity index is 1.49. The standard InChI is InChI=1S/C22H20N4O3S/c1-29-18-9-11-19(12-10-18)30(27,28)26-17-6-4-5-16(13-17)14-23-22-20-7-2-3-8-21(20)24-15-25-22/h2-13,15,26H,14H2,1H3,(H,23,24,25). The van der Waals surface area contributed by atoms with Gasteiger partial charge in [-0.05, 0) is 54.1 Å². The molecule has 0 saturated heterocycles. The van der Waals surface area contributed by atoms with Crippen molar-refractivity contribution in [3.8, 4) is 5.75 Å². The number of anilines is 2. The Morgan fingerprint density at radius 1 is 0.933 bits per heavy atom. The van der Waals surface area contributed by atoms with Gasteiger partial charge in [0, 0.05) is 17.6 Å². The lowest BCUT2D eigenvalue weighted by atomic mass is 10.2. The number of benzene rings is 3. The molecule has 3 aromatic carbocycles. The molecule has 0 amide bonds. The third-order valence-electron chi connectivity index (χ3n) is 4.55. The molecule has 4 aromatic rings. The Hall–Kier alpha value is -3.65. The van der Waals surface area contributed by atoms with Crippen LogP contribution in [-0.2, 0) is 16.6 Å². The molecule has 0 aliphatic carbocycles. The van der Waals surface area contributed by atoms with E-state index in [2.05, 4.69) is 20.0 Å². The summed E-state index contributed by atoms with van der Waals surface area (Å²) in [5.74, 6) is 1.32. The number of ether oxygens (including phenoxy) is 1. The minimum atomic E-state index is -3.70. The van der Waals surface area contributed by atoms with Gasteiger partial charge in [0.1, 0.15) is 17.9 Å². The number of aromatic nitrogens is 2. The maximum absolute atomic E-state index is 12.7. The van der Waals surface area contributed by atoms with Crippen LogP contribution in [0.3, 0.4) is 0 Å². The second kappa shape index (κ2) is 8.38. The molecule has 0 unspecified atom stereocenters. The predicted octanol–water partition coefficient (Wildman–Crippen LogP) is 4.05. The number of methoxy groups -OCH3 is 1. The van der Waals surface area contributed by atoms with Gasteiger partial charge in [0.25, 0.3) is 10.0 Å². The van der Waals surface area contributed by atoms with Crippen molar-refractivity contribution in [2.75, 3.05) is 17.1 Å². The fraction of sp³-hybridized carbons (Fsp3) is 0.0909. The average molecular weight is 420 g/mol. The molecule has 0 radical (unpaired) electrons. The van der Waals surface area contributed by atoms with Crippen molar-refractivity contribution >= 4 is 32.4 Å². The first kappa shape index (κ1) is 19.7. The zero-order valence-corrected chi connectivity index (χ0v) is 17.1. The largest absolute Gasteiger partial charge is 0.497 e. The Labute approximate surface area is 174 Å². The quantitative estimate of drug-likeness (QED) is 0.469. The normalized spacial score (nSPS) is 11.2. The van der Waals surface area contributed by atoms with Gasteiger partial charge in [-0.2, -0.15) is 0 Å². The molecule has 0 spiro atoms. The number of nitrogens with zero attached hydrogens (tertiary/aromatic N) is 2. The van der Waals surface area contributed by atoms with E-state index in [9.17, 15) is 8.42 Å². The van der Waals surface area contributed by atoms with Crippen LogP contribution in [0.4, 0.5) is 11.5 Å². The molecule has 30 heavy (non-hydrogen) atoms. The van der Waals surface area contributed by atoms with Gasteiger partial charge in [0.2, 0.25) is 0 Å². The van der Waals surface area contributed by atoms with Gasteiger partial charge in [-0.15, -0.1) is 0 Å². The van der Waals surface area contributed by atoms with Crippen LogP contribution in [0, 0.1) is 0 Å². The van der Waals surface area contributed by atoms with Crippen LogP contribution in [0.5, 0.6) is 5.75 Å². The zero-order chi connectivity index (χ0) is 21.0. The third kappa shape index (κ3) is 4.33. The molecular weight excluding hydrogens is 400 g/mol. The second-order valence-electron chi connectivity index (χ2n) is 6.57. The predicted molar refractivity (Wildman–Crippen MR) is 117 cm³/mol. The lowest BCUT2D eigenvalue weighted by Gasteiger charge is -2.11. The fourth-order valence-electron chi connectivity index (χ4n) is 3.05. The fourth-order valence-corrected chi connectivity index (χ4v) is 4.09. The summed E-state index contributed by atoms with van der Waals surface area (Å²) < 4.78 is 33.0. The number of sulfonamides is 1. The van der Waals surface area contributed by atoms with Crippen molar-refractivity contribution in [3.63, 3.8) is 0 Å². The molecule has 0 aliphatic rings. The van der Waals surface area contributed by atoms with E-state index in [0.717, 1.165) is 22.3 Å². The maximum Gasteiger partial charge on any atom is 0.261 e. The first-order valence-corrected chi connectivity index (χ1v) is 10.7. The third-order valence-corrected chi connectivity index (χ3v) is 5.95. The highest BCUT2D eigenvalue weighted by Crippen LogP contribution is 2.22. The summed E-state index contributed by atoms with van der Waals surface area (Å²) in [6.07, 6.45) is 1.52. The van der Waals surface area contributed by atoms with Crippen LogP contribution in [-0.4, -0.2) is 25.5 Å². The van der Waals surface area contributed by atoms with Crippen LogP contribution >= 0.6 is 0 Å². The van der Waals surface area contributed by atoms with Gasteiger partial charge < -0.3 is 10.1 Å². The van der Waals surface area contributed by atoms with Gasteiger partial charge in [0.05, 0.1) is 17.5 Å². The van der Waals surface area contributed by atoms with Crippen molar-refractivity contribution in [2.45, 2.75) is 11.4 Å². The first-order chi connectivity index (χ1) is 14.5. The number of hydrogen-bond donors (Lipinski definition) is 2. The number of rotatable bonds is 7. The van der Waals surface area contributed by atoms with Crippen molar-refractivity contribution in [3.05, 3.63) is 84.7 Å².